The Hall–Kier alpha value is -1.88. The Morgan fingerprint density at radius 3 is 2.62 bits per heavy atom. The molecule has 0 bridgehead atoms. The molecule has 1 aliphatic heterocycles. The molecule has 0 aliphatic carbocycles. The molecule has 1 aromatic rings. The Labute approximate surface area is 125 Å². The molecule has 0 saturated carbocycles. The smallest absolute Gasteiger partial charge is 0.254 e. The van der Waals surface area contributed by atoms with E-state index in [1.807, 2.05) is 13.0 Å². The number of nitrogens with zero attached hydrogens (tertiary/aromatic N) is 2. The van der Waals surface area contributed by atoms with E-state index in [0.29, 0.717) is 18.0 Å². The molecule has 2 amide bonds. The standard InChI is InChI=1S/C16H22N2O3/c1-12-8-9-18(14(12)11-19)15(20)10-17(2)16(21)13-6-4-3-5-7-13/h3-7,12,14,19H,8-11H2,1-2H3. The van der Waals surface area contributed by atoms with Gasteiger partial charge in [0.25, 0.3) is 5.91 Å². The predicted molar refractivity (Wildman–Crippen MR) is 79.8 cm³/mol. The number of likely N-dealkylation sites (tertiary alicyclic amines) is 1. The van der Waals surface area contributed by atoms with Crippen molar-refractivity contribution in [1.29, 1.82) is 0 Å². The second-order valence-corrected chi connectivity index (χ2v) is 5.63. The molecule has 2 rings (SSSR count). The second kappa shape index (κ2) is 6.72. The van der Waals surface area contributed by atoms with E-state index in [0.717, 1.165) is 6.42 Å². The third kappa shape index (κ3) is 3.42. The molecule has 1 saturated heterocycles. The first-order valence-electron chi connectivity index (χ1n) is 7.25. The molecule has 1 aliphatic rings. The van der Waals surface area contributed by atoms with Crippen LogP contribution in [0.2, 0.25) is 0 Å². The van der Waals surface area contributed by atoms with Crippen molar-refractivity contribution in [1.82, 2.24) is 9.80 Å². The summed E-state index contributed by atoms with van der Waals surface area (Å²) in [5, 5.41) is 9.40. The summed E-state index contributed by atoms with van der Waals surface area (Å²) in [5.74, 6) is 0.0241. The summed E-state index contributed by atoms with van der Waals surface area (Å²) in [6, 6.07) is 8.78. The zero-order chi connectivity index (χ0) is 15.4. The van der Waals surface area contributed by atoms with Gasteiger partial charge in [-0.1, -0.05) is 25.1 Å². The van der Waals surface area contributed by atoms with Gasteiger partial charge in [-0.15, -0.1) is 0 Å². The van der Waals surface area contributed by atoms with Gasteiger partial charge < -0.3 is 14.9 Å². The molecule has 0 spiro atoms. The molecule has 2 atom stereocenters. The van der Waals surface area contributed by atoms with Crippen LogP contribution in [0.1, 0.15) is 23.7 Å². The van der Waals surface area contributed by atoms with Gasteiger partial charge in [0, 0.05) is 19.2 Å². The number of hydrogen-bond acceptors (Lipinski definition) is 3. The van der Waals surface area contributed by atoms with Crippen molar-refractivity contribution >= 4 is 11.8 Å². The van der Waals surface area contributed by atoms with E-state index < -0.39 is 0 Å². The second-order valence-electron chi connectivity index (χ2n) is 5.63. The summed E-state index contributed by atoms with van der Waals surface area (Å²) in [7, 11) is 1.63. The fourth-order valence-corrected chi connectivity index (χ4v) is 2.76. The van der Waals surface area contributed by atoms with E-state index in [1.165, 1.54) is 4.90 Å². The maximum absolute atomic E-state index is 12.3. The number of carbonyl (C=O) groups excluding carboxylic acids is 2. The van der Waals surface area contributed by atoms with Gasteiger partial charge in [-0.25, -0.2) is 0 Å². The highest BCUT2D eigenvalue weighted by Gasteiger charge is 2.34. The Balaban J connectivity index is 1.98. The average Bonchev–Trinajstić information content (AvgIpc) is 2.88. The first kappa shape index (κ1) is 15.5. The SMILES string of the molecule is CC1CCN(C(=O)CN(C)C(=O)c2ccccc2)C1CO. The fraction of sp³-hybridized carbons (Fsp3) is 0.500. The molecular weight excluding hydrogens is 268 g/mol. The van der Waals surface area contributed by atoms with Crippen LogP contribution in [0.4, 0.5) is 0 Å². The van der Waals surface area contributed by atoms with Crippen LogP contribution in [0.3, 0.4) is 0 Å². The maximum atomic E-state index is 12.3. The van der Waals surface area contributed by atoms with Crippen molar-refractivity contribution in [2.75, 3.05) is 26.7 Å². The van der Waals surface area contributed by atoms with Crippen molar-refractivity contribution in [3.63, 3.8) is 0 Å². The van der Waals surface area contributed by atoms with Crippen LogP contribution in [-0.4, -0.2) is 59.5 Å². The van der Waals surface area contributed by atoms with Crippen LogP contribution in [-0.2, 0) is 4.79 Å². The fourth-order valence-electron chi connectivity index (χ4n) is 2.76. The number of rotatable bonds is 4. The molecule has 5 nitrogen and oxygen atoms in total. The minimum atomic E-state index is -0.170. The third-order valence-corrected chi connectivity index (χ3v) is 4.13. The Bertz CT molecular complexity index is 504. The number of likely N-dealkylation sites (N-methyl/N-ethyl adjacent to an activating group) is 1. The van der Waals surface area contributed by atoms with Crippen molar-refractivity contribution in [2.24, 2.45) is 5.92 Å². The molecule has 1 N–H and O–H groups in total. The topological polar surface area (TPSA) is 60.9 Å². The number of benzene rings is 1. The van der Waals surface area contributed by atoms with Crippen LogP contribution >= 0.6 is 0 Å². The quantitative estimate of drug-likeness (QED) is 0.899. The Kier molecular flexibility index (Phi) is 4.96. The zero-order valence-electron chi connectivity index (χ0n) is 12.5. The summed E-state index contributed by atoms with van der Waals surface area (Å²) >= 11 is 0. The van der Waals surface area contributed by atoms with E-state index in [-0.39, 0.29) is 31.0 Å². The van der Waals surface area contributed by atoms with E-state index in [2.05, 4.69) is 0 Å². The molecule has 2 unspecified atom stereocenters. The van der Waals surface area contributed by atoms with Gasteiger partial charge in [0.1, 0.15) is 0 Å². The highest BCUT2D eigenvalue weighted by Crippen LogP contribution is 2.23. The maximum Gasteiger partial charge on any atom is 0.254 e. The lowest BCUT2D eigenvalue weighted by Gasteiger charge is -2.27. The molecule has 114 valence electrons. The lowest BCUT2D eigenvalue weighted by molar-refractivity contribution is -0.133. The monoisotopic (exact) mass is 290 g/mol. The lowest BCUT2D eigenvalue weighted by Crippen LogP contribution is -2.45. The number of amides is 2. The van der Waals surface area contributed by atoms with Gasteiger partial charge in [0.15, 0.2) is 0 Å². The number of aliphatic hydroxyl groups excluding tert-OH is 1. The van der Waals surface area contributed by atoms with Gasteiger partial charge in [-0.3, -0.25) is 9.59 Å². The van der Waals surface area contributed by atoms with Crippen molar-refractivity contribution in [3.8, 4) is 0 Å². The first-order valence-corrected chi connectivity index (χ1v) is 7.25. The number of hydrogen-bond donors (Lipinski definition) is 1. The highest BCUT2D eigenvalue weighted by atomic mass is 16.3. The number of carbonyl (C=O) groups is 2. The Morgan fingerprint density at radius 1 is 1.33 bits per heavy atom. The average molecular weight is 290 g/mol. The predicted octanol–water partition coefficient (Wildman–Crippen LogP) is 0.988. The van der Waals surface area contributed by atoms with Gasteiger partial charge in [0.05, 0.1) is 19.2 Å². The summed E-state index contributed by atoms with van der Waals surface area (Å²) in [5.41, 5.74) is 0.571. The highest BCUT2D eigenvalue weighted by molar-refractivity contribution is 5.96. The van der Waals surface area contributed by atoms with Gasteiger partial charge in [0.2, 0.25) is 5.91 Å². The van der Waals surface area contributed by atoms with Crippen LogP contribution in [0, 0.1) is 5.92 Å². The minimum absolute atomic E-state index is 0.0246. The Morgan fingerprint density at radius 2 is 2.00 bits per heavy atom. The van der Waals surface area contributed by atoms with Gasteiger partial charge in [-0.05, 0) is 24.5 Å². The summed E-state index contributed by atoms with van der Waals surface area (Å²) in [4.78, 5) is 27.7. The van der Waals surface area contributed by atoms with Crippen LogP contribution in [0.25, 0.3) is 0 Å². The summed E-state index contributed by atoms with van der Waals surface area (Å²) < 4.78 is 0. The van der Waals surface area contributed by atoms with Crippen molar-refractivity contribution in [2.45, 2.75) is 19.4 Å². The van der Waals surface area contributed by atoms with E-state index in [4.69, 9.17) is 0 Å². The molecule has 1 aromatic carbocycles. The van der Waals surface area contributed by atoms with E-state index in [1.54, 1.807) is 36.2 Å². The molecule has 0 radical (unpaired) electrons. The van der Waals surface area contributed by atoms with Crippen LogP contribution in [0.15, 0.2) is 30.3 Å². The molecular formula is C16H22N2O3. The van der Waals surface area contributed by atoms with Gasteiger partial charge in [-0.2, -0.15) is 0 Å². The zero-order valence-corrected chi connectivity index (χ0v) is 12.5. The number of aliphatic hydroxyl groups is 1. The molecule has 21 heavy (non-hydrogen) atoms. The summed E-state index contributed by atoms with van der Waals surface area (Å²) in [6.45, 7) is 2.70. The van der Waals surface area contributed by atoms with Crippen LogP contribution < -0.4 is 0 Å². The molecule has 1 heterocycles. The molecule has 0 aromatic heterocycles. The van der Waals surface area contributed by atoms with E-state index in [9.17, 15) is 14.7 Å². The first-order chi connectivity index (χ1) is 10.0. The molecule has 5 heteroatoms. The third-order valence-electron chi connectivity index (χ3n) is 4.13. The van der Waals surface area contributed by atoms with Crippen molar-refractivity contribution < 1.29 is 14.7 Å². The minimum Gasteiger partial charge on any atom is -0.394 e. The van der Waals surface area contributed by atoms with Crippen LogP contribution in [0.5, 0.6) is 0 Å². The largest absolute Gasteiger partial charge is 0.394 e. The summed E-state index contributed by atoms with van der Waals surface area (Å²) in [6.07, 6.45) is 0.896. The van der Waals surface area contributed by atoms with Crippen molar-refractivity contribution in [3.05, 3.63) is 35.9 Å². The molecule has 1 fully saturated rings. The normalized spacial score (nSPS) is 21.4. The lowest BCUT2D eigenvalue weighted by atomic mass is 10.0. The van der Waals surface area contributed by atoms with E-state index >= 15 is 0 Å². The van der Waals surface area contributed by atoms with Gasteiger partial charge >= 0.3 is 0 Å².